The van der Waals surface area contributed by atoms with Crippen LogP contribution < -0.4 is 0 Å². The van der Waals surface area contributed by atoms with Crippen molar-refractivity contribution in [1.82, 2.24) is 0 Å². The number of unbranched alkanes of at least 4 members (excludes halogenated alkanes) is 8. The Balaban J connectivity index is 3.50. The summed E-state index contributed by atoms with van der Waals surface area (Å²) in [6.45, 7) is 1.92. The van der Waals surface area contributed by atoms with Gasteiger partial charge in [-0.25, -0.2) is 0 Å². The smallest absolute Gasteiger partial charge is 0.0920 e. The summed E-state index contributed by atoms with van der Waals surface area (Å²) in [7, 11) is 3.34. The summed E-state index contributed by atoms with van der Waals surface area (Å²) >= 11 is 0. The summed E-state index contributed by atoms with van der Waals surface area (Å²) in [4.78, 5) is 0. The molecule has 0 fully saturated rings. The minimum atomic E-state index is -0.337. The molecule has 0 N–H and O–H groups in total. The highest BCUT2D eigenvalue weighted by Crippen LogP contribution is 2.16. The van der Waals surface area contributed by atoms with Crippen molar-refractivity contribution in [2.45, 2.75) is 89.8 Å². The zero-order chi connectivity index (χ0) is 15.1. The first-order valence-corrected chi connectivity index (χ1v) is 8.41. The van der Waals surface area contributed by atoms with Gasteiger partial charge >= 0.3 is 0 Å². The third-order valence-corrected chi connectivity index (χ3v) is 4.01. The van der Waals surface area contributed by atoms with Crippen LogP contribution >= 0.6 is 0 Å². The maximum atomic E-state index is 12.4. The van der Waals surface area contributed by atoms with Crippen LogP contribution in [-0.4, -0.2) is 33.1 Å². The van der Waals surface area contributed by atoms with Crippen molar-refractivity contribution < 1.29 is 13.9 Å². The normalized spacial score (nSPS) is 14.4. The van der Waals surface area contributed by atoms with Crippen molar-refractivity contribution in [1.29, 1.82) is 0 Å². The number of rotatable bonds is 15. The second-order valence-corrected chi connectivity index (χ2v) is 5.64. The molecule has 3 heteroatoms. The van der Waals surface area contributed by atoms with Crippen LogP contribution in [0.3, 0.4) is 0 Å². The standard InChI is InChI=1S/C17H35FO2/c1-4-5-6-7-8-9-10-11-12-13-16(19-2)17(20-3)14-15-18/h16-17H,4-15H2,1-3H3. The molecular weight excluding hydrogens is 255 g/mol. The summed E-state index contributed by atoms with van der Waals surface area (Å²) in [6.07, 6.45) is 13.3. The van der Waals surface area contributed by atoms with E-state index in [4.69, 9.17) is 9.47 Å². The first kappa shape index (κ1) is 19.9. The summed E-state index contributed by atoms with van der Waals surface area (Å²) < 4.78 is 23.2. The molecule has 0 aliphatic carbocycles. The van der Waals surface area contributed by atoms with Crippen molar-refractivity contribution in [2.24, 2.45) is 0 Å². The molecule has 0 aliphatic rings. The first-order valence-electron chi connectivity index (χ1n) is 8.41. The second-order valence-electron chi connectivity index (χ2n) is 5.64. The van der Waals surface area contributed by atoms with Crippen molar-refractivity contribution in [3.05, 3.63) is 0 Å². The zero-order valence-electron chi connectivity index (χ0n) is 13.8. The topological polar surface area (TPSA) is 18.5 Å². The molecule has 0 aromatic rings. The van der Waals surface area contributed by atoms with Crippen LogP contribution in [0.4, 0.5) is 4.39 Å². The summed E-state index contributed by atoms with van der Waals surface area (Å²) in [6, 6.07) is 0. The van der Waals surface area contributed by atoms with Crippen LogP contribution in [0.5, 0.6) is 0 Å². The fraction of sp³-hybridized carbons (Fsp3) is 1.00. The molecule has 2 atom stereocenters. The SMILES string of the molecule is CCCCCCCCCCCC(OC)C(CCF)OC. The van der Waals surface area contributed by atoms with Gasteiger partial charge in [0, 0.05) is 20.6 Å². The van der Waals surface area contributed by atoms with E-state index in [0.717, 1.165) is 12.8 Å². The molecule has 20 heavy (non-hydrogen) atoms. The molecule has 0 heterocycles. The van der Waals surface area contributed by atoms with Gasteiger partial charge in [-0.05, 0) is 6.42 Å². The quantitative estimate of drug-likeness (QED) is 0.381. The number of halogens is 1. The Morgan fingerprint density at radius 1 is 0.700 bits per heavy atom. The van der Waals surface area contributed by atoms with E-state index in [0.29, 0.717) is 6.42 Å². The molecule has 0 spiro atoms. The minimum Gasteiger partial charge on any atom is -0.379 e. The number of hydrogen-bond donors (Lipinski definition) is 0. The lowest BCUT2D eigenvalue weighted by atomic mass is 10.0. The van der Waals surface area contributed by atoms with Crippen LogP contribution in [-0.2, 0) is 9.47 Å². The van der Waals surface area contributed by atoms with Crippen LogP contribution in [0.25, 0.3) is 0 Å². The maximum Gasteiger partial charge on any atom is 0.0920 e. The molecule has 0 aromatic heterocycles. The molecule has 0 saturated heterocycles. The highest BCUT2D eigenvalue weighted by Gasteiger charge is 2.20. The highest BCUT2D eigenvalue weighted by atomic mass is 19.1. The van der Waals surface area contributed by atoms with E-state index in [9.17, 15) is 4.39 Å². The average molecular weight is 290 g/mol. The van der Waals surface area contributed by atoms with E-state index in [1.807, 2.05) is 0 Å². The molecular formula is C17H35FO2. The Morgan fingerprint density at radius 2 is 1.15 bits per heavy atom. The minimum absolute atomic E-state index is 0.0419. The lowest BCUT2D eigenvalue weighted by Gasteiger charge is -2.24. The number of ether oxygens (including phenoxy) is 2. The zero-order valence-corrected chi connectivity index (χ0v) is 13.8. The molecule has 2 unspecified atom stereocenters. The molecule has 0 aromatic carbocycles. The summed E-state index contributed by atoms with van der Waals surface area (Å²) in [5.41, 5.74) is 0. The van der Waals surface area contributed by atoms with Crippen molar-refractivity contribution in [3.8, 4) is 0 Å². The van der Waals surface area contributed by atoms with E-state index in [-0.39, 0.29) is 18.9 Å². The number of alkyl halides is 1. The van der Waals surface area contributed by atoms with Gasteiger partial charge in [0.25, 0.3) is 0 Å². The van der Waals surface area contributed by atoms with E-state index in [2.05, 4.69) is 6.92 Å². The van der Waals surface area contributed by atoms with Gasteiger partial charge in [-0.1, -0.05) is 64.7 Å². The molecule has 122 valence electrons. The summed E-state index contributed by atoms with van der Waals surface area (Å²) in [5, 5.41) is 0. The number of hydrogen-bond acceptors (Lipinski definition) is 2. The molecule has 0 bridgehead atoms. The van der Waals surface area contributed by atoms with Gasteiger partial charge in [-0.15, -0.1) is 0 Å². The van der Waals surface area contributed by atoms with Crippen LogP contribution in [0.15, 0.2) is 0 Å². The Kier molecular flexibility index (Phi) is 15.1. The Morgan fingerprint density at radius 3 is 1.60 bits per heavy atom. The lowest BCUT2D eigenvalue weighted by Crippen LogP contribution is -2.30. The largest absolute Gasteiger partial charge is 0.379 e. The Hall–Kier alpha value is -0.150. The van der Waals surface area contributed by atoms with Gasteiger partial charge in [0.15, 0.2) is 0 Å². The second kappa shape index (κ2) is 15.2. The van der Waals surface area contributed by atoms with Gasteiger partial charge < -0.3 is 9.47 Å². The fourth-order valence-electron chi connectivity index (χ4n) is 2.67. The molecule has 0 radical (unpaired) electrons. The fourth-order valence-corrected chi connectivity index (χ4v) is 2.67. The van der Waals surface area contributed by atoms with E-state index in [1.54, 1.807) is 14.2 Å². The van der Waals surface area contributed by atoms with Crippen molar-refractivity contribution in [3.63, 3.8) is 0 Å². The number of methoxy groups -OCH3 is 2. The molecule has 0 saturated carbocycles. The van der Waals surface area contributed by atoms with Gasteiger partial charge in [-0.3, -0.25) is 4.39 Å². The first-order chi connectivity index (χ1) is 9.79. The van der Waals surface area contributed by atoms with Gasteiger partial charge in [0.2, 0.25) is 0 Å². The Bertz CT molecular complexity index is 188. The molecule has 0 amide bonds. The predicted molar refractivity (Wildman–Crippen MR) is 84.0 cm³/mol. The predicted octanol–water partition coefficient (Wildman–Crippen LogP) is 5.30. The summed E-state index contributed by atoms with van der Waals surface area (Å²) in [5.74, 6) is 0. The van der Waals surface area contributed by atoms with Crippen molar-refractivity contribution >= 4 is 0 Å². The molecule has 0 aliphatic heterocycles. The van der Waals surface area contributed by atoms with Gasteiger partial charge in [0.05, 0.1) is 18.9 Å². The van der Waals surface area contributed by atoms with Crippen LogP contribution in [0, 0.1) is 0 Å². The molecule has 0 rings (SSSR count). The van der Waals surface area contributed by atoms with E-state index < -0.39 is 0 Å². The third-order valence-electron chi connectivity index (χ3n) is 4.01. The van der Waals surface area contributed by atoms with Crippen LogP contribution in [0.1, 0.15) is 77.6 Å². The van der Waals surface area contributed by atoms with E-state index in [1.165, 1.54) is 51.4 Å². The third kappa shape index (κ3) is 10.6. The van der Waals surface area contributed by atoms with Gasteiger partial charge in [-0.2, -0.15) is 0 Å². The average Bonchev–Trinajstić information content (AvgIpc) is 2.47. The van der Waals surface area contributed by atoms with E-state index >= 15 is 0 Å². The highest BCUT2D eigenvalue weighted by molar-refractivity contribution is 4.70. The van der Waals surface area contributed by atoms with Gasteiger partial charge in [0.1, 0.15) is 0 Å². The lowest BCUT2D eigenvalue weighted by molar-refractivity contribution is -0.0463. The van der Waals surface area contributed by atoms with Crippen molar-refractivity contribution in [2.75, 3.05) is 20.9 Å². The molecule has 2 nitrogen and oxygen atoms in total. The monoisotopic (exact) mass is 290 g/mol. The van der Waals surface area contributed by atoms with Crippen LogP contribution in [0.2, 0.25) is 0 Å². The Labute approximate surface area is 125 Å². The maximum absolute atomic E-state index is 12.4.